The quantitative estimate of drug-likeness (QED) is 0.0927. The molecule has 0 unspecified atom stereocenters. The first-order valence-electron chi connectivity index (χ1n) is 18.3. The van der Waals surface area contributed by atoms with Crippen molar-refractivity contribution in [2.45, 2.75) is 33.9 Å². The summed E-state index contributed by atoms with van der Waals surface area (Å²) in [5.74, 6) is 0. The van der Waals surface area contributed by atoms with Crippen LogP contribution in [0.5, 0.6) is 0 Å². The minimum Gasteiger partial charge on any atom is -0.165 e. The summed E-state index contributed by atoms with van der Waals surface area (Å²) in [5, 5.41) is 5.37. The van der Waals surface area contributed by atoms with Gasteiger partial charge in [-0.05, 0) is 34.8 Å². The van der Waals surface area contributed by atoms with Crippen LogP contribution < -0.4 is 0 Å². The van der Waals surface area contributed by atoms with Gasteiger partial charge in [0.1, 0.15) is 0 Å². The van der Waals surface area contributed by atoms with Gasteiger partial charge >= 0.3 is 26.2 Å². The smallest absolute Gasteiger partial charge is 0.165 e. The molecule has 0 heterocycles. The van der Waals surface area contributed by atoms with Crippen molar-refractivity contribution >= 4 is 42.7 Å². The zero-order valence-corrected chi connectivity index (χ0v) is 35.6. The molecular formula is C51H50SiZr. The average molecular weight is 782 g/mol. The van der Waals surface area contributed by atoms with E-state index in [4.69, 9.17) is 0 Å². The Labute approximate surface area is 339 Å². The minimum absolute atomic E-state index is 0. The molecule has 0 aliphatic rings. The van der Waals surface area contributed by atoms with Gasteiger partial charge in [0.15, 0.2) is 0 Å². The molecule has 0 atom stereocenters. The number of fused-ring (bicyclic) bond motifs is 2. The van der Waals surface area contributed by atoms with Crippen LogP contribution in [0.2, 0.25) is 13.1 Å². The van der Waals surface area contributed by atoms with Crippen molar-refractivity contribution in [3.63, 3.8) is 0 Å². The Morgan fingerprint density at radius 1 is 0.509 bits per heavy atom. The zero-order valence-electron chi connectivity index (χ0n) is 31.8. The largest absolute Gasteiger partial charge is 2.00 e. The maximum Gasteiger partial charge on any atom is 2.00 e. The molecule has 53 heavy (non-hydrogen) atoms. The molecule has 0 saturated carbocycles. The van der Waals surface area contributed by atoms with Crippen LogP contribution in [-0.4, -0.2) is 9.52 Å². The molecule has 0 radical (unpaired) electrons. The van der Waals surface area contributed by atoms with E-state index >= 15 is 0 Å². The van der Waals surface area contributed by atoms with Gasteiger partial charge in [0.25, 0.3) is 0 Å². The molecule has 8 aromatic rings. The Balaban J connectivity index is 0.000000169. The predicted molar refractivity (Wildman–Crippen MR) is 235 cm³/mol. The number of allylic oxidation sites excluding steroid dienone is 3. The van der Waals surface area contributed by atoms with Crippen molar-refractivity contribution < 1.29 is 26.2 Å². The second kappa shape index (κ2) is 21.6. The Kier molecular flexibility index (Phi) is 16.7. The molecule has 0 aliphatic heterocycles. The number of hydrogen-bond donors (Lipinski definition) is 0. The third-order valence-corrected chi connectivity index (χ3v) is 8.62. The van der Waals surface area contributed by atoms with E-state index in [2.05, 4.69) is 210 Å². The fourth-order valence-electron chi connectivity index (χ4n) is 6.17. The number of hydrogen-bond acceptors (Lipinski definition) is 0. The fourth-order valence-corrected chi connectivity index (χ4v) is 6.17. The molecule has 8 rings (SSSR count). The standard InChI is InChI=1S/C17H16.2C16H13.C2H8Si.Zr/c1-15(17-13-6-3-7-14-17)9-8-12-16-10-4-2-5-11-16;2*1-12-10-14-8-5-9-15(16(14)11-12)13-6-3-2-4-7-13;1-3-2;/h2-14H,1H3;2*2-11H,1H3;3H2,1-2H3;/q;2*-1;;+2. The van der Waals surface area contributed by atoms with Crippen LogP contribution in [0.15, 0.2) is 194 Å². The molecule has 0 amide bonds. The molecule has 262 valence electrons. The van der Waals surface area contributed by atoms with Crippen LogP contribution in [0.25, 0.3) is 55.4 Å². The van der Waals surface area contributed by atoms with Gasteiger partial charge < -0.3 is 0 Å². The normalized spacial score (nSPS) is 10.7. The van der Waals surface area contributed by atoms with Crippen LogP contribution in [0.3, 0.4) is 0 Å². The van der Waals surface area contributed by atoms with Gasteiger partial charge in [-0.2, -0.15) is 12.1 Å². The van der Waals surface area contributed by atoms with Gasteiger partial charge in [-0.25, -0.2) is 0 Å². The predicted octanol–water partition coefficient (Wildman–Crippen LogP) is 14.1. The summed E-state index contributed by atoms with van der Waals surface area (Å²) >= 11 is 0. The van der Waals surface area contributed by atoms with E-state index in [0.29, 0.717) is 9.52 Å². The van der Waals surface area contributed by atoms with E-state index in [1.807, 2.05) is 24.3 Å². The maximum atomic E-state index is 2.26. The van der Waals surface area contributed by atoms with Gasteiger partial charge in [0.2, 0.25) is 0 Å². The maximum absolute atomic E-state index is 2.26. The Morgan fingerprint density at radius 3 is 1.34 bits per heavy atom. The van der Waals surface area contributed by atoms with E-state index < -0.39 is 0 Å². The summed E-state index contributed by atoms with van der Waals surface area (Å²) in [5.41, 5.74) is 11.7. The van der Waals surface area contributed by atoms with Crippen LogP contribution in [0, 0.1) is 13.8 Å². The first-order chi connectivity index (χ1) is 25.5. The van der Waals surface area contributed by atoms with Crippen LogP contribution in [0.4, 0.5) is 0 Å². The van der Waals surface area contributed by atoms with Crippen LogP contribution in [0.1, 0.15) is 29.2 Å². The Morgan fingerprint density at radius 2 is 0.906 bits per heavy atom. The van der Waals surface area contributed by atoms with Gasteiger partial charge in [-0.3, -0.25) is 0 Å². The van der Waals surface area contributed by atoms with Gasteiger partial charge in [-0.1, -0.05) is 190 Å². The summed E-state index contributed by atoms with van der Waals surface area (Å²) in [4.78, 5) is 0. The van der Waals surface area contributed by atoms with Crippen LogP contribution in [-0.2, 0) is 26.2 Å². The van der Waals surface area contributed by atoms with Crippen molar-refractivity contribution in [1.82, 2.24) is 0 Å². The molecule has 0 spiro atoms. The topological polar surface area (TPSA) is 0 Å². The number of benzene rings is 6. The molecule has 2 heteroatoms. The molecule has 0 fully saturated rings. The zero-order chi connectivity index (χ0) is 36.5. The van der Waals surface area contributed by atoms with Crippen molar-refractivity contribution in [1.29, 1.82) is 0 Å². The molecule has 0 N–H and O–H groups in total. The average Bonchev–Trinajstić information content (AvgIpc) is 3.78. The third kappa shape index (κ3) is 12.1. The van der Waals surface area contributed by atoms with E-state index in [9.17, 15) is 0 Å². The minimum atomic E-state index is 0. The summed E-state index contributed by atoms with van der Waals surface area (Å²) in [6.07, 6.45) is 6.35. The molecule has 8 aromatic carbocycles. The van der Waals surface area contributed by atoms with Crippen molar-refractivity contribution in [2.24, 2.45) is 0 Å². The van der Waals surface area contributed by atoms with Gasteiger partial charge in [0.05, 0.1) is 0 Å². The van der Waals surface area contributed by atoms with Crippen LogP contribution >= 0.6 is 0 Å². The van der Waals surface area contributed by atoms with Gasteiger partial charge in [-0.15, -0.1) is 69.1 Å². The number of rotatable bonds is 5. The van der Waals surface area contributed by atoms with E-state index in [1.54, 1.807) is 0 Å². The Bertz CT molecular complexity index is 2180. The van der Waals surface area contributed by atoms with Crippen molar-refractivity contribution in [3.05, 3.63) is 216 Å². The first kappa shape index (κ1) is 40.9. The first-order valence-corrected chi connectivity index (χ1v) is 21.2. The van der Waals surface area contributed by atoms with Crippen molar-refractivity contribution in [2.75, 3.05) is 0 Å². The molecule has 0 saturated heterocycles. The second-order valence-electron chi connectivity index (χ2n) is 13.1. The third-order valence-electron chi connectivity index (χ3n) is 8.62. The van der Waals surface area contributed by atoms with Crippen molar-refractivity contribution in [3.8, 4) is 22.3 Å². The summed E-state index contributed by atoms with van der Waals surface area (Å²) in [6, 6.07) is 63.9. The molecular weight excluding hydrogens is 732 g/mol. The Hall–Kier alpha value is -4.88. The molecule has 0 nitrogen and oxygen atoms in total. The van der Waals surface area contributed by atoms with E-state index in [-0.39, 0.29) is 26.2 Å². The number of aryl methyl sites for hydroxylation is 2. The van der Waals surface area contributed by atoms with E-state index in [0.717, 1.165) is 0 Å². The SMILES string of the molecule is CC(=CC=Cc1ccccc1)c1ccccc1.C[SiH2]C.Cc1cc2c(-c3ccccc3)cccc2[cH-]1.Cc1cc2c(-c3ccccc3)cccc2[cH-]1.[Zr+2]. The van der Waals surface area contributed by atoms with E-state index in [1.165, 1.54) is 71.6 Å². The summed E-state index contributed by atoms with van der Waals surface area (Å²) in [7, 11) is 0.417. The summed E-state index contributed by atoms with van der Waals surface area (Å²) < 4.78 is 0. The summed E-state index contributed by atoms with van der Waals surface area (Å²) in [6.45, 7) is 11.0. The molecule has 0 aromatic heterocycles. The second-order valence-corrected chi connectivity index (χ2v) is 14.5. The monoisotopic (exact) mass is 780 g/mol. The molecule has 0 aliphatic carbocycles. The molecule has 0 bridgehead atoms. The fraction of sp³-hybridized carbons (Fsp3) is 0.0980. The van der Waals surface area contributed by atoms with Gasteiger partial charge in [0, 0.05) is 9.52 Å².